The van der Waals surface area contributed by atoms with Gasteiger partial charge in [-0.15, -0.1) is 0 Å². The van der Waals surface area contributed by atoms with Crippen LogP contribution in [0.2, 0.25) is 0 Å². The maximum absolute atomic E-state index is 10.7. The predicted octanol–water partition coefficient (Wildman–Crippen LogP) is 1.45. The van der Waals surface area contributed by atoms with Gasteiger partial charge in [0.15, 0.2) is 0 Å². The van der Waals surface area contributed by atoms with Crippen LogP contribution in [0.3, 0.4) is 0 Å². The highest BCUT2D eigenvalue weighted by molar-refractivity contribution is 5.54. The minimum atomic E-state index is 0.358. The summed E-state index contributed by atoms with van der Waals surface area (Å²) in [5.74, 6) is 0.358. The summed E-state index contributed by atoms with van der Waals surface area (Å²) >= 11 is 0. The summed E-state index contributed by atoms with van der Waals surface area (Å²) in [5.41, 5.74) is 0. The van der Waals surface area contributed by atoms with Crippen molar-refractivity contribution in [2.45, 2.75) is 44.2 Å². The Morgan fingerprint density at radius 3 is 2.33 bits per heavy atom. The first-order valence-corrected chi connectivity index (χ1v) is 4.98. The van der Waals surface area contributed by atoms with Crippen LogP contribution in [-0.4, -0.2) is 30.3 Å². The van der Waals surface area contributed by atoms with Crippen LogP contribution in [0.25, 0.3) is 0 Å². The van der Waals surface area contributed by atoms with Crippen LogP contribution < -0.4 is 0 Å². The molecule has 2 aliphatic heterocycles. The number of carbonyl (C=O) groups is 1. The Kier molecular flexibility index (Phi) is 2.18. The number of piperidine rings is 2. The molecule has 0 amide bonds. The lowest BCUT2D eigenvalue weighted by atomic mass is 9.79. The molecule has 2 rings (SSSR count). The highest BCUT2D eigenvalue weighted by Gasteiger charge is 2.35. The maximum Gasteiger partial charge on any atom is 0.123 e. The van der Waals surface area contributed by atoms with Gasteiger partial charge in [-0.25, -0.2) is 0 Å². The van der Waals surface area contributed by atoms with Crippen molar-refractivity contribution >= 4 is 6.29 Å². The average molecular weight is 167 g/mol. The summed E-state index contributed by atoms with van der Waals surface area (Å²) in [4.78, 5) is 13.2. The van der Waals surface area contributed by atoms with Crippen LogP contribution in [-0.2, 0) is 4.79 Å². The summed E-state index contributed by atoms with van der Waals surface area (Å²) in [6, 6.07) is 1.40. The van der Waals surface area contributed by atoms with E-state index in [2.05, 4.69) is 11.9 Å². The van der Waals surface area contributed by atoms with E-state index in [4.69, 9.17) is 0 Å². The van der Waals surface area contributed by atoms with Crippen molar-refractivity contribution in [3.8, 4) is 0 Å². The monoisotopic (exact) mass is 167 g/mol. The first kappa shape index (κ1) is 8.24. The van der Waals surface area contributed by atoms with Gasteiger partial charge >= 0.3 is 0 Å². The molecule has 2 bridgehead atoms. The van der Waals surface area contributed by atoms with Crippen LogP contribution in [0.5, 0.6) is 0 Å². The molecule has 68 valence electrons. The lowest BCUT2D eigenvalue weighted by Crippen LogP contribution is -2.49. The molecule has 0 radical (unpaired) electrons. The number of carbonyl (C=O) groups excluding carboxylic acids is 1. The molecular weight excluding hydrogens is 150 g/mol. The van der Waals surface area contributed by atoms with Gasteiger partial charge in [0.1, 0.15) is 6.29 Å². The van der Waals surface area contributed by atoms with Crippen molar-refractivity contribution in [3.05, 3.63) is 0 Å². The van der Waals surface area contributed by atoms with E-state index < -0.39 is 0 Å². The standard InChI is InChI=1S/C10H17NO/c1-11-9-3-2-4-10(11)6-8(5-9)7-12/h7-10H,2-6H2,1H3. The van der Waals surface area contributed by atoms with E-state index in [0.717, 1.165) is 12.8 Å². The zero-order valence-corrected chi connectivity index (χ0v) is 7.70. The number of rotatable bonds is 1. The lowest BCUT2D eigenvalue weighted by Gasteiger charge is -2.45. The van der Waals surface area contributed by atoms with Crippen molar-refractivity contribution in [1.82, 2.24) is 4.90 Å². The van der Waals surface area contributed by atoms with E-state index >= 15 is 0 Å². The van der Waals surface area contributed by atoms with Gasteiger partial charge in [-0.05, 0) is 32.7 Å². The minimum Gasteiger partial charge on any atom is -0.303 e. The van der Waals surface area contributed by atoms with Gasteiger partial charge in [-0.3, -0.25) is 0 Å². The van der Waals surface area contributed by atoms with Crippen LogP contribution >= 0.6 is 0 Å². The van der Waals surface area contributed by atoms with Crippen molar-refractivity contribution in [3.63, 3.8) is 0 Å². The van der Waals surface area contributed by atoms with Crippen LogP contribution in [0, 0.1) is 5.92 Å². The third-order valence-electron chi connectivity index (χ3n) is 3.57. The minimum absolute atomic E-state index is 0.358. The highest BCUT2D eigenvalue weighted by Crippen LogP contribution is 2.34. The third kappa shape index (κ3) is 1.28. The smallest absolute Gasteiger partial charge is 0.123 e. The third-order valence-corrected chi connectivity index (χ3v) is 3.57. The molecule has 0 saturated carbocycles. The van der Waals surface area contributed by atoms with Crippen LogP contribution in [0.1, 0.15) is 32.1 Å². The van der Waals surface area contributed by atoms with Crippen LogP contribution in [0.4, 0.5) is 0 Å². The number of aldehydes is 1. The Balaban J connectivity index is 2.07. The molecule has 0 aromatic carbocycles. The number of fused-ring (bicyclic) bond motifs is 2. The maximum atomic E-state index is 10.7. The Hall–Kier alpha value is -0.370. The summed E-state index contributed by atoms with van der Waals surface area (Å²) in [6.45, 7) is 0. The fourth-order valence-corrected chi connectivity index (χ4v) is 2.77. The normalized spacial score (nSPS) is 42.6. The largest absolute Gasteiger partial charge is 0.303 e. The van der Waals surface area contributed by atoms with Gasteiger partial charge in [0.05, 0.1) is 0 Å². The number of nitrogens with zero attached hydrogens (tertiary/aromatic N) is 1. The molecule has 2 nitrogen and oxygen atoms in total. The van der Waals surface area contributed by atoms with E-state index in [1.807, 2.05) is 0 Å². The van der Waals surface area contributed by atoms with Crippen LogP contribution in [0.15, 0.2) is 0 Å². The topological polar surface area (TPSA) is 20.3 Å². The molecule has 12 heavy (non-hydrogen) atoms. The van der Waals surface area contributed by atoms with Crippen molar-refractivity contribution in [2.75, 3.05) is 7.05 Å². The molecule has 0 aliphatic carbocycles. The van der Waals surface area contributed by atoms with Gasteiger partial charge in [0.25, 0.3) is 0 Å². The number of hydrogen-bond donors (Lipinski definition) is 0. The molecule has 0 aromatic rings. The Bertz CT molecular complexity index is 167. The van der Waals surface area contributed by atoms with Gasteiger partial charge in [-0.2, -0.15) is 0 Å². The molecule has 2 fully saturated rings. The van der Waals surface area contributed by atoms with Gasteiger partial charge < -0.3 is 9.69 Å². The molecule has 2 aliphatic rings. The first-order valence-electron chi connectivity index (χ1n) is 4.98. The fraction of sp³-hybridized carbons (Fsp3) is 0.900. The molecule has 2 atom stereocenters. The van der Waals surface area contributed by atoms with Crippen molar-refractivity contribution < 1.29 is 4.79 Å². The van der Waals surface area contributed by atoms with Crippen molar-refractivity contribution in [1.29, 1.82) is 0 Å². The number of hydrogen-bond acceptors (Lipinski definition) is 2. The summed E-state index contributed by atoms with van der Waals surface area (Å²) in [5, 5.41) is 0. The SMILES string of the molecule is CN1C2CCCC1CC(C=O)C2. The molecule has 2 unspecified atom stereocenters. The molecule has 2 saturated heterocycles. The van der Waals surface area contributed by atoms with E-state index in [1.54, 1.807) is 0 Å². The molecule has 0 spiro atoms. The molecule has 2 heteroatoms. The van der Waals surface area contributed by atoms with Gasteiger partial charge in [-0.1, -0.05) is 6.42 Å². The van der Waals surface area contributed by atoms with E-state index in [1.165, 1.54) is 25.5 Å². The zero-order chi connectivity index (χ0) is 8.55. The van der Waals surface area contributed by atoms with E-state index in [9.17, 15) is 4.79 Å². The fourth-order valence-electron chi connectivity index (χ4n) is 2.77. The second-order valence-corrected chi connectivity index (χ2v) is 4.27. The summed E-state index contributed by atoms with van der Waals surface area (Å²) in [6.07, 6.45) is 7.35. The van der Waals surface area contributed by atoms with Crippen molar-refractivity contribution in [2.24, 2.45) is 5.92 Å². The second kappa shape index (κ2) is 3.17. The zero-order valence-electron chi connectivity index (χ0n) is 7.70. The molecule has 0 aromatic heterocycles. The summed E-state index contributed by atoms with van der Waals surface area (Å²) in [7, 11) is 2.22. The predicted molar refractivity (Wildman–Crippen MR) is 48.0 cm³/mol. The summed E-state index contributed by atoms with van der Waals surface area (Å²) < 4.78 is 0. The molecular formula is C10H17NO. The quantitative estimate of drug-likeness (QED) is 0.551. The Labute approximate surface area is 73.9 Å². The second-order valence-electron chi connectivity index (χ2n) is 4.27. The first-order chi connectivity index (χ1) is 5.81. The molecule has 0 N–H and O–H groups in total. The highest BCUT2D eigenvalue weighted by atomic mass is 16.1. The van der Waals surface area contributed by atoms with Gasteiger partial charge in [0.2, 0.25) is 0 Å². The Morgan fingerprint density at radius 2 is 1.83 bits per heavy atom. The lowest BCUT2D eigenvalue weighted by molar-refractivity contribution is -0.114. The average Bonchev–Trinajstić information content (AvgIpc) is 2.04. The molecule has 2 heterocycles. The van der Waals surface area contributed by atoms with E-state index in [0.29, 0.717) is 18.0 Å². The van der Waals surface area contributed by atoms with Gasteiger partial charge in [0, 0.05) is 18.0 Å². The van der Waals surface area contributed by atoms with E-state index in [-0.39, 0.29) is 0 Å². The Morgan fingerprint density at radius 1 is 1.25 bits per heavy atom.